The molecular weight excluding hydrogens is 366 g/mol. The number of hydrogen-bond acceptors (Lipinski definition) is 5. The summed E-state index contributed by atoms with van der Waals surface area (Å²) >= 11 is 0. The second-order valence-electron chi connectivity index (χ2n) is 6.52. The molecule has 8 nitrogen and oxygen atoms in total. The van der Waals surface area contributed by atoms with E-state index in [-0.39, 0.29) is 16.8 Å². The minimum Gasteiger partial charge on any atom is -0.338 e. The number of benzene rings is 1. The number of carbonyl (C=O) groups excluding carboxylic acids is 1. The van der Waals surface area contributed by atoms with Gasteiger partial charge >= 0.3 is 0 Å². The molecule has 1 aromatic carbocycles. The SMILES string of the molecule is CCN(CC)S(=O)(=O)c1ccc(C(=O)N2CCC(n3ccnn3)CC2)cc1. The summed E-state index contributed by atoms with van der Waals surface area (Å²) in [6.45, 7) is 5.73. The molecule has 0 saturated carbocycles. The van der Waals surface area contributed by atoms with E-state index in [0.717, 1.165) is 12.8 Å². The van der Waals surface area contributed by atoms with Crippen LogP contribution in [0.5, 0.6) is 0 Å². The number of likely N-dealkylation sites (tertiary alicyclic amines) is 1. The Morgan fingerprint density at radius 2 is 1.78 bits per heavy atom. The van der Waals surface area contributed by atoms with Crippen molar-refractivity contribution in [1.82, 2.24) is 24.2 Å². The van der Waals surface area contributed by atoms with Crippen molar-refractivity contribution in [2.45, 2.75) is 37.6 Å². The van der Waals surface area contributed by atoms with Gasteiger partial charge in [0.15, 0.2) is 0 Å². The van der Waals surface area contributed by atoms with Gasteiger partial charge in [0.25, 0.3) is 5.91 Å². The zero-order valence-electron chi connectivity index (χ0n) is 15.7. The third-order valence-electron chi connectivity index (χ3n) is 5.01. The summed E-state index contributed by atoms with van der Waals surface area (Å²) in [5, 5.41) is 7.86. The van der Waals surface area contributed by atoms with Crippen LogP contribution in [0.1, 0.15) is 43.1 Å². The van der Waals surface area contributed by atoms with Crippen LogP contribution in [0.15, 0.2) is 41.6 Å². The highest BCUT2D eigenvalue weighted by Crippen LogP contribution is 2.23. The minimum atomic E-state index is -3.51. The Bertz CT molecular complexity index is 853. The molecule has 2 heterocycles. The smallest absolute Gasteiger partial charge is 0.253 e. The Morgan fingerprint density at radius 1 is 1.15 bits per heavy atom. The lowest BCUT2D eigenvalue weighted by molar-refractivity contribution is 0.0689. The van der Waals surface area contributed by atoms with Gasteiger partial charge in [0.1, 0.15) is 0 Å². The second-order valence-corrected chi connectivity index (χ2v) is 8.46. The Labute approximate surface area is 159 Å². The molecule has 2 aromatic rings. The summed E-state index contributed by atoms with van der Waals surface area (Å²) in [6.07, 6.45) is 5.15. The monoisotopic (exact) mass is 391 g/mol. The predicted molar refractivity (Wildman–Crippen MR) is 101 cm³/mol. The molecule has 1 amide bonds. The zero-order valence-corrected chi connectivity index (χ0v) is 16.5. The van der Waals surface area contributed by atoms with Crippen molar-refractivity contribution >= 4 is 15.9 Å². The summed E-state index contributed by atoms with van der Waals surface area (Å²) in [5.41, 5.74) is 0.507. The van der Waals surface area contributed by atoms with Crippen molar-refractivity contribution < 1.29 is 13.2 Å². The van der Waals surface area contributed by atoms with Gasteiger partial charge in [-0.05, 0) is 37.1 Å². The number of hydrogen-bond donors (Lipinski definition) is 0. The number of amides is 1. The van der Waals surface area contributed by atoms with Gasteiger partial charge in [-0.1, -0.05) is 19.1 Å². The van der Waals surface area contributed by atoms with E-state index in [0.29, 0.717) is 31.7 Å². The normalized spacial score (nSPS) is 16.0. The maximum Gasteiger partial charge on any atom is 0.253 e. The fourth-order valence-corrected chi connectivity index (χ4v) is 4.87. The maximum absolute atomic E-state index is 12.7. The minimum absolute atomic E-state index is 0.0705. The maximum atomic E-state index is 12.7. The number of rotatable bonds is 6. The molecule has 1 aliphatic heterocycles. The van der Waals surface area contributed by atoms with Gasteiger partial charge < -0.3 is 4.90 Å². The lowest BCUT2D eigenvalue weighted by Crippen LogP contribution is -2.39. The van der Waals surface area contributed by atoms with E-state index in [9.17, 15) is 13.2 Å². The van der Waals surface area contributed by atoms with Gasteiger partial charge in [-0.15, -0.1) is 5.10 Å². The summed E-state index contributed by atoms with van der Waals surface area (Å²) in [4.78, 5) is 14.8. The highest BCUT2D eigenvalue weighted by atomic mass is 32.2. The molecule has 0 N–H and O–H groups in total. The largest absolute Gasteiger partial charge is 0.338 e. The Hall–Kier alpha value is -2.26. The quantitative estimate of drug-likeness (QED) is 0.749. The number of aromatic nitrogens is 3. The van der Waals surface area contributed by atoms with E-state index < -0.39 is 10.0 Å². The van der Waals surface area contributed by atoms with Crippen molar-refractivity contribution in [1.29, 1.82) is 0 Å². The summed E-state index contributed by atoms with van der Waals surface area (Å²) in [5.74, 6) is -0.0705. The molecule has 3 rings (SSSR count). The number of carbonyl (C=O) groups is 1. The summed E-state index contributed by atoms with van der Waals surface area (Å²) in [6, 6.07) is 6.49. The molecule has 1 aromatic heterocycles. The number of nitrogens with zero attached hydrogens (tertiary/aromatic N) is 5. The van der Waals surface area contributed by atoms with E-state index in [4.69, 9.17) is 0 Å². The second kappa shape index (κ2) is 8.18. The van der Waals surface area contributed by atoms with E-state index in [2.05, 4.69) is 10.3 Å². The van der Waals surface area contributed by atoms with Gasteiger partial charge in [-0.25, -0.2) is 13.1 Å². The van der Waals surface area contributed by atoms with E-state index in [1.807, 2.05) is 24.7 Å². The van der Waals surface area contributed by atoms with Crippen molar-refractivity contribution in [2.24, 2.45) is 0 Å². The standard InChI is InChI=1S/C18H25N5O3S/c1-3-22(4-2)27(25,26)17-7-5-15(6-8-17)18(24)21-12-9-16(10-13-21)23-14-11-19-20-23/h5-8,11,14,16H,3-4,9-10,12-13H2,1-2H3. The Balaban J connectivity index is 1.66. The average Bonchev–Trinajstić information content (AvgIpc) is 3.23. The van der Waals surface area contributed by atoms with Gasteiger partial charge in [0.2, 0.25) is 10.0 Å². The van der Waals surface area contributed by atoms with Crippen LogP contribution < -0.4 is 0 Å². The van der Waals surface area contributed by atoms with Crippen LogP contribution in [-0.2, 0) is 10.0 Å². The van der Waals surface area contributed by atoms with Gasteiger partial charge in [-0.3, -0.25) is 4.79 Å². The van der Waals surface area contributed by atoms with Gasteiger partial charge in [0, 0.05) is 37.9 Å². The molecule has 1 fully saturated rings. The molecule has 27 heavy (non-hydrogen) atoms. The van der Waals surface area contributed by atoms with Crippen LogP contribution in [0.3, 0.4) is 0 Å². The molecule has 0 unspecified atom stereocenters. The fourth-order valence-electron chi connectivity index (χ4n) is 3.41. The molecule has 0 aliphatic carbocycles. The third kappa shape index (κ3) is 4.03. The Kier molecular flexibility index (Phi) is 5.91. The number of sulfonamides is 1. The first-order valence-corrected chi connectivity index (χ1v) is 10.7. The first-order valence-electron chi connectivity index (χ1n) is 9.22. The van der Waals surface area contributed by atoms with E-state index in [1.54, 1.807) is 23.2 Å². The van der Waals surface area contributed by atoms with Crippen LogP contribution >= 0.6 is 0 Å². The molecule has 9 heteroatoms. The van der Waals surface area contributed by atoms with Crippen LogP contribution in [-0.4, -0.2) is 64.7 Å². The summed E-state index contributed by atoms with van der Waals surface area (Å²) < 4.78 is 28.3. The summed E-state index contributed by atoms with van der Waals surface area (Å²) in [7, 11) is -3.51. The molecular formula is C18H25N5O3S. The predicted octanol–water partition coefficient (Wildman–Crippen LogP) is 1.79. The molecule has 0 atom stereocenters. The lowest BCUT2D eigenvalue weighted by atomic mass is 10.0. The first-order chi connectivity index (χ1) is 13.0. The fraction of sp³-hybridized carbons (Fsp3) is 0.500. The first kappa shape index (κ1) is 19.5. The van der Waals surface area contributed by atoms with Crippen LogP contribution in [0.25, 0.3) is 0 Å². The highest BCUT2D eigenvalue weighted by Gasteiger charge is 2.26. The topological polar surface area (TPSA) is 88.4 Å². The molecule has 1 aliphatic rings. The zero-order chi connectivity index (χ0) is 19.4. The molecule has 0 radical (unpaired) electrons. The van der Waals surface area contributed by atoms with Crippen molar-refractivity contribution in [2.75, 3.05) is 26.2 Å². The van der Waals surface area contributed by atoms with Crippen LogP contribution in [0.2, 0.25) is 0 Å². The van der Waals surface area contributed by atoms with Crippen molar-refractivity contribution in [3.63, 3.8) is 0 Å². The molecule has 0 spiro atoms. The van der Waals surface area contributed by atoms with E-state index >= 15 is 0 Å². The average molecular weight is 391 g/mol. The highest BCUT2D eigenvalue weighted by molar-refractivity contribution is 7.89. The van der Waals surface area contributed by atoms with Gasteiger partial charge in [0.05, 0.1) is 17.1 Å². The molecule has 146 valence electrons. The van der Waals surface area contributed by atoms with Crippen molar-refractivity contribution in [3.8, 4) is 0 Å². The number of piperidine rings is 1. The molecule has 0 bridgehead atoms. The van der Waals surface area contributed by atoms with Gasteiger partial charge in [-0.2, -0.15) is 4.31 Å². The van der Waals surface area contributed by atoms with E-state index in [1.165, 1.54) is 16.4 Å². The van der Waals surface area contributed by atoms with Crippen LogP contribution in [0, 0.1) is 0 Å². The third-order valence-corrected chi connectivity index (χ3v) is 7.08. The Morgan fingerprint density at radius 3 is 2.30 bits per heavy atom. The lowest BCUT2D eigenvalue weighted by Gasteiger charge is -2.32. The van der Waals surface area contributed by atoms with Crippen molar-refractivity contribution in [3.05, 3.63) is 42.2 Å². The van der Waals surface area contributed by atoms with Crippen LogP contribution in [0.4, 0.5) is 0 Å². The molecule has 1 saturated heterocycles.